The highest BCUT2D eigenvalue weighted by molar-refractivity contribution is 5.94. The largest absolute Gasteiger partial charge is 0.366 e. The number of piperidine rings is 1. The maximum absolute atomic E-state index is 12.2. The molecule has 0 radical (unpaired) electrons. The Labute approximate surface area is 128 Å². The molecule has 22 heavy (non-hydrogen) atoms. The number of primary amides is 1. The van der Waals surface area contributed by atoms with E-state index in [4.69, 9.17) is 5.73 Å². The summed E-state index contributed by atoms with van der Waals surface area (Å²) in [7, 11) is 0. The molecule has 0 aliphatic carbocycles. The predicted molar refractivity (Wildman–Crippen MR) is 82.4 cm³/mol. The molecule has 0 unspecified atom stereocenters. The Bertz CT molecular complexity index is 563. The Hall–Kier alpha value is -2.57. The van der Waals surface area contributed by atoms with Crippen LogP contribution in [0.25, 0.3) is 0 Å². The van der Waals surface area contributed by atoms with Gasteiger partial charge in [0.05, 0.1) is 0 Å². The lowest BCUT2D eigenvalue weighted by Crippen LogP contribution is -2.47. The van der Waals surface area contributed by atoms with Crippen LogP contribution in [0, 0.1) is 0 Å². The molecule has 0 aromatic heterocycles. The summed E-state index contributed by atoms with van der Waals surface area (Å²) in [5.41, 5.74) is 6.17. The number of carbonyl (C=O) groups excluding carboxylic acids is 3. The van der Waals surface area contributed by atoms with Gasteiger partial charge in [-0.15, -0.1) is 0 Å². The Morgan fingerprint density at radius 1 is 1.14 bits per heavy atom. The first-order chi connectivity index (χ1) is 10.5. The van der Waals surface area contributed by atoms with Crippen molar-refractivity contribution in [2.24, 2.45) is 5.73 Å². The summed E-state index contributed by atoms with van der Waals surface area (Å²) < 4.78 is 0. The van der Waals surface area contributed by atoms with E-state index in [0.717, 1.165) is 12.8 Å². The van der Waals surface area contributed by atoms with E-state index in [1.165, 1.54) is 6.92 Å². The lowest BCUT2D eigenvalue weighted by Gasteiger charge is -2.32. The molecule has 0 atom stereocenters. The molecule has 1 saturated heterocycles. The first-order valence-corrected chi connectivity index (χ1v) is 7.18. The van der Waals surface area contributed by atoms with Gasteiger partial charge >= 0.3 is 6.03 Å². The van der Waals surface area contributed by atoms with Crippen LogP contribution in [0.2, 0.25) is 0 Å². The maximum Gasteiger partial charge on any atom is 0.321 e. The average molecular weight is 304 g/mol. The molecule has 7 nitrogen and oxygen atoms in total. The number of urea groups is 1. The molecular formula is C15H20N4O3. The number of anilines is 1. The van der Waals surface area contributed by atoms with Crippen molar-refractivity contribution in [1.29, 1.82) is 0 Å². The van der Waals surface area contributed by atoms with E-state index in [0.29, 0.717) is 24.3 Å². The van der Waals surface area contributed by atoms with Crippen molar-refractivity contribution in [3.8, 4) is 0 Å². The topological polar surface area (TPSA) is 105 Å². The third-order valence-corrected chi connectivity index (χ3v) is 3.61. The third-order valence-electron chi connectivity index (χ3n) is 3.61. The minimum absolute atomic E-state index is 0.0440. The lowest BCUT2D eigenvalue weighted by molar-refractivity contribution is -0.119. The molecule has 1 aromatic carbocycles. The molecule has 1 aromatic rings. The number of amides is 4. The molecule has 7 heteroatoms. The van der Waals surface area contributed by atoms with E-state index in [9.17, 15) is 14.4 Å². The van der Waals surface area contributed by atoms with Crippen molar-refractivity contribution >= 4 is 23.5 Å². The van der Waals surface area contributed by atoms with Crippen LogP contribution < -0.4 is 16.4 Å². The van der Waals surface area contributed by atoms with E-state index in [1.807, 2.05) is 0 Å². The number of nitrogens with two attached hydrogens (primary N) is 1. The lowest BCUT2D eigenvalue weighted by atomic mass is 10.1. The fourth-order valence-corrected chi connectivity index (χ4v) is 2.43. The van der Waals surface area contributed by atoms with Crippen molar-refractivity contribution in [2.75, 3.05) is 18.4 Å². The van der Waals surface area contributed by atoms with E-state index < -0.39 is 5.91 Å². The van der Waals surface area contributed by atoms with Gasteiger partial charge in [0, 0.05) is 37.3 Å². The van der Waals surface area contributed by atoms with E-state index >= 15 is 0 Å². The molecule has 0 saturated carbocycles. The highest BCUT2D eigenvalue weighted by Gasteiger charge is 2.23. The third kappa shape index (κ3) is 4.21. The number of hydrogen-bond acceptors (Lipinski definition) is 3. The molecule has 1 fully saturated rings. The normalized spacial score (nSPS) is 15.2. The molecule has 4 amide bonds. The van der Waals surface area contributed by atoms with Gasteiger partial charge in [-0.1, -0.05) is 0 Å². The van der Waals surface area contributed by atoms with Crippen molar-refractivity contribution in [1.82, 2.24) is 10.2 Å². The first-order valence-electron chi connectivity index (χ1n) is 7.18. The highest BCUT2D eigenvalue weighted by Crippen LogP contribution is 2.14. The van der Waals surface area contributed by atoms with Crippen LogP contribution in [0.1, 0.15) is 30.1 Å². The van der Waals surface area contributed by atoms with Gasteiger partial charge in [0.1, 0.15) is 0 Å². The molecule has 1 heterocycles. The summed E-state index contributed by atoms with van der Waals surface area (Å²) in [6, 6.07) is 6.37. The van der Waals surface area contributed by atoms with E-state index in [-0.39, 0.29) is 18.0 Å². The van der Waals surface area contributed by atoms with E-state index in [2.05, 4.69) is 10.6 Å². The molecular weight excluding hydrogens is 284 g/mol. The molecule has 118 valence electrons. The van der Waals surface area contributed by atoms with Crippen LogP contribution in [0.5, 0.6) is 0 Å². The minimum Gasteiger partial charge on any atom is -0.366 e. The fourth-order valence-electron chi connectivity index (χ4n) is 2.43. The summed E-state index contributed by atoms with van der Waals surface area (Å²) >= 11 is 0. The second-order valence-electron chi connectivity index (χ2n) is 5.33. The number of benzene rings is 1. The quantitative estimate of drug-likeness (QED) is 0.773. The Morgan fingerprint density at radius 2 is 1.73 bits per heavy atom. The second-order valence-corrected chi connectivity index (χ2v) is 5.33. The number of carbonyl (C=O) groups is 3. The number of likely N-dealkylation sites (tertiary alicyclic amines) is 1. The average Bonchev–Trinajstić information content (AvgIpc) is 2.48. The molecule has 2 rings (SSSR count). The Kier molecular flexibility index (Phi) is 4.98. The number of hydrogen-bond donors (Lipinski definition) is 3. The van der Waals surface area contributed by atoms with Gasteiger partial charge in [-0.05, 0) is 37.1 Å². The van der Waals surface area contributed by atoms with Crippen molar-refractivity contribution in [2.45, 2.75) is 25.8 Å². The predicted octanol–water partition coefficient (Wildman–Crippen LogP) is 0.918. The second kappa shape index (κ2) is 6.93. The van der Waals surface area contributed by atoms with Gasteiger partial charge in [-0.3, -0.25) is 9.59 Å². The zero-order chi connectivity index (χ0) is 16.1. The summed E-state index contributed by atoms with van der Waals surface area (Å²) in [5.74, 6) is -0.546. The van der Waals surface area contributed by atoms with Crippen molar-refractivity contribution in [3.63, 3.8) is 0 Å². The first kappa shape index (κ1) is 15.8. The summed E-state index contributed by atoms with van der Waals surface area (Å²) in [5, 5.41) is 5.65. The zero-order valence-corrected chi connectivity index (χ0v) is 12.5. The Balaban J connectivity index is 1.85. The molecule has 1 aliphatic rings. The van der Waals surface area contributed by atoms with Crippen LogP contribution in [-0.2, 0) is 4.79 Å². The van der Waals surface area contributed by atoms with Gasteiger partial charge in [-0.25, -0.2) is 4.79 Å². The molecule has 0 bridgehead atoms. The van der Waals surface area contributed by atoms with Crippen LogP contribution in [-0.4, -0.2) is 41.9 Å². The summed E-state index contributed by atoms with van der Waals surface area (Å²) in [4.78, 5) is 35.9. The van der Waals surface area contributed by atoms with Gasteiger partial charge in [0.15, 0.2) is 0 Å². The number of rotatable bonds is 3. The number of nitrogens with one attached hydrogen (secondary N) is 2. The van der Waals surface area contributed by atoms with Crippen LogP contribution in [0.3, 0.4) is 0 Å². The summed E-state index contributed by atoms with van der Waals surface area (Å²) in [6.45, 7) is 2.68. The van der Waals surface area contributed by atoms with Gasteiger partial charge in [0.2, 0.25) is 11.8 Å². The highest BCUT2D eigenvalue weighted by atomic mass is 16.2. The van der Waals surface area contributed by atoms with E-state index in [1.54, 1.807) is 29.2 Å². The minimum atomic E-state index is -0.502. The molecule has 1 aliphatic heterocycles. The van der Waals surface area contributed by atoms with Crippen LogP contribution >= 0.6 is 0 Å². The molecule has 4 N–H and O–H groups in total. The standard InChI is InChI=1S/C15H20N4O3/c1-10(20)17-13-6-8-19(9-7-13)15(22)18-12-4-2-11(3-5-12)14(16)21/h2-5,13H,6-9H2,1H3,(H2,16,21)(H,17,20)(H,18,22). The maximum atomic E-state index is 12.2. The summed E-state index contributed by atoms with van der Waals surface area (Å²) in [6.07, 6.45) is 1.49. The van der Waals surface area contributed by atoms with Gasteiger partial charge in [0.25, 0.3) is 0 Å². The smallest absolute Gasteiger partial charge is 0.321 e. The van der Waals surface area contributed by atoms with Gasteiger partial charge < -0.3 is 21.3 Å². The van der Waals surface area contributed by atoms with Crippen LogP contribution in [0.15, 0.2) is 24.3 Å². The van der Waals surface area contributed by atoms with Gasteiger partial charge in [-0.2, -0.15) is 0 Å². The number of nitrogens with zero attached hydrogens (tertiary/aromatic N) is 1. The SMILES string of the molecule is CC(=O)NC1CCN(C(=O)Nc2ccc(C(N)=O)cc2)CC1. The van der Waals surface area contributed by atoms with Crippen molar-refractivity contribution < 1.29 is 14.4 Å². The van der Waals surface area contributed by atoms with Crippen LogP contribution in [0.4, 0.5) is 10.5 Å². The fraction of sp³-hybridized carbons (Fsp3) is 0.400. The Morgan fingerprint density at radius 3 is 2.23 bits per heavy atom. The monoisotopic (exact) mass is 304 g/mol. The molecule has 0 spiro atoms. The zero-order valence-electron chi connectivity index (χ0n) is 12.5. The van der Waals surface area contributed by atoms with Crippen molar-refractivity contribution in [3.05, 3.63) is 29.8 Å².